The molecule has 2 saturated heterocycles. The van der Waals surface area contributed by atoms with Gasteiger partial charge in [-0.25, -0.2) is 0 Å². The number of hydrogen-bond donors (Lipinski definition) is 0. The van der Waals surface area contributed by atoms with Gasteiger partial charge >= 0.3 is 5.97 Å². The van der Waals surface area contributed by atoms with Gasteiger partial charge in [-0.1, -0.05) is 18.9 Å². The van der Waals surface area contributed by atoms with Crippen molar-refractivity contribution in [2.24, 2.45) is 23.7 Å². The number of ether oxygens (including phenoxy) is 1. The van der Waals surface area contributed by atoms with Crippen LogP contribution in [0.15, 0.2) is 11.6 Å². The molecule has 28 heavy (non-hydrogen) atoms. The second-order valence-electron chi connectivity index (χ2n) is 9.23. The normalized spacial score (nSPS) is 37.8. The van der Waals surface area contributed by atoms with Gasteiger partial charge in [0.25, 0.3) is 0 Å². The predicted octanol–water partition coefficient (Wildman–Crippen LogP) is 2.38. The van der Waals surface area contributed by atoms with Crippen LogP contribution in [-0.4, -0.2) is 59.4 Å². The third-order valence-electron chi connectivity index (χ3n) is 7.25. The predicted molar refractivity (Wildman–Crippen MR) is 104 cm³/mol. The Kier molecular flexibility index (Phi) is 5.10. The van der Waals surface area contributed by atoms with E-state index in [1.54, 1.807) is 0 Å². The fraction of sp³-hybridized carbons (Fsp3) is 0.773. The Balaban J connectivity index is 1.52. The molecule has 0 N–H and O–H groups in total. The van der Waals surface area contributed by atoms with E-state index in [0.29, 0.717) is 13.0 Å². The summed E-state index contributed by atoms with van der Waals surface area (Å²) in [4.78, 5) is 42.3. The molecule has 2 bridgehead atoms. The minimum absolute atomic E-state index is 0.0610. The average molecular weight is 389 g/mol. The van der Waals surface area contributed by atoms with E-state index in [0.717, 1.165) is 31.6 Å². The first-order chi connectivity index (χ1) is 13.3. The van der Waals surface area contributed by atoms with E-state index in [9.17, 15) is 14.4 Å². The van der Waals surface area contributed by atoms with Crippen LogP contribution in [0, 0.1) is 23.7 Å². The molecular weight excluding hydrogens is 356 g/mol. The van der Waals surface area contributed by atoms with E-state index in [4.69, 9.17) is 4.74 Å². The summed E-state index contributed by atoms with van der Waals surface area (Å²) < 4.78 is 5.76. The smallest absolute Gasteiger partial charge is 0.303 e. The Morgan fingerprint density at radius 2 is 1.86 bits per heavy atom. The average Bonchev–Trinajstić information content (AvgIpc) is 2.87. The number of carbonyl (C=O) groups is 3. The Labute approximate surface area is 167 Å². The van der Waals surface area contributed by atoms with Crippen LogP contribution in [0.5, 0.6) is 0 Å². The van der Waals surface area contributed by atoms with E-state index in [-0.39, 0.29) is 35.5 Å². The highest BCUT2D eigenvalue weighted by atomic mass is 16.6. The van der Waals surface area contributed by atoms with Crippen molar-refractivity contribution in [1.29, 1.82) is 0 Å². The van der Waals surface area contributed by atoms with E-state index >= 15 is 0 Å². The number of esters is 1. The first kappa shape index (κ1) is 19.6. The van der Waals surface area contributed by atoms with Gasteiger partial charge in [-0.05, 0) is 70.2 Å². The lowest BCUT2D eigenvalue weighted by atomic mass is 9.54. The van der Waals surface area contributed by atoms with Crippen LogP contribution in [0.1, 0.15) is 52.9 Å². The van der Waals surface area contributed by atoms with Crippen molar-refractivity contribution >= 4 is 17.8 Å². The summed E-state index contributed by atoms with van der Waals surface area (Å²) in [5, 5.41) is 0. The number of amides is 2. The Hall–Kier alpha value is -1.69. The van der Waals surface area contributed by atoms with E-state index in [1.807, 2.05) is 13.0 Å². The largest absolute Gasteiger partial charge is 0.454 e. The maximum Gasteiger partial charge on any atom is 0.303 e. The van der Waals surface area contributed by atoms with Crippen molar-refractivity contribution in [2.45, 2.75) is 58.5 Å². The first-order valence-corrected chi connectivity index (χ1v) is 10.8. The molecule has 1 saturated carbocycles. The molecule has 0 spiro atoms. The second-order valence-corrected chi connectivity index (χ2v) is 9.23. The van der Waals surface area contributed by atoms with Crippen molar-refractivity contribution in [3.63, 3.8) is 0 Å². The zero-order chi connectivity index (χ0) is 20.1. The number of nitrogens with zero attached hydrogens (tertiary/aromatic N) is 2. The minimum Gasteiger partial charge on any atom is -0.454 e. The van der Waals surface area contributed by atoms with Crippen LogP contribution in [0.3, 0.4) is 0 Å². The maximum absolute atomic E-state index is 13.3. The molecule has 2 amide bonds. The topological polar surface area (TPSA) is 66.9 Å². The second kappa shape index (κ2) is 7.29. The van der Waals surface area contributed by atoms with Gasteiger partial charge < -0.3 is 9.64 Å². The van der Waals surface area contributed by atoms with Crippen molar-refractivity contribution in [2.75, 3.05) is 26.2 Å². The highest BCUT2D eigenvalue weighted by Gasteiger charge is 2.67. The number of piperidine rings is 1. The Morgan fingerprint density at radius 1 is 1.14 bits per heavy atom. The molecule has 2 aliphatic heterocycles. The highest BCUT2D eigenvalue weighted by molar-refractivity contribution is 6.07. The maximum atomic E-state index is 13.3. The molecule has 2 heterocycles. The molecule has 2 unspecified atom stereocenters. The van der Waals surface area contributed by atoms with Crippen LogP contribution < -0.4 is 0 Å². The quantitative estimate of drug-likeness (QED) is 0.411. The van der Waals surface area contributed by atoms with Crippen LogP contribution >= 0.6 is 0 Å². The summed E-state index contributed by atoms with van der Waals surface area (Å²) in [6.45, 7) is 9.13. The number of imide groups is 1. The molecule has 0 radical (unpaired) electrons. The van der Waals surface area contributed by atoms with E-state index < -0.39 is 11.5 Å². The molecule has 6 nitrogen and oxygen atoms in total. The highest BCUT2D eigenvalue weighted by Crippen LogP contribution is 2.58. The summed E-state index contributed by atoms with van der Waals surface area (Å²) in [7, 11) is 0. The molecule has 5 rings (SSSR count). The van der Waals surface area contributed by atoms with Crippen molar-refractivity contribution in [1.82, 2.24) is 9.80 Å². The number of likely N-dealkylation sites (tertiary alicyclic amines) is 2. The van der Waals surface area contributed by atoms with Crippen molar-refractivity contribution in [3.8, 4) is 0 Å². The third kappa shape index (κ3) is 3.10. The van der Waals surface area contributed by atoms with E-state index in [1.165, 1.54) is 31.1 Å². The van der Waals surface area contributed by atoms with Crippen LogP contribution in [-0.2, 0) is 19.1 Å². The fourth-order valence-electron chi connectivity index (χ4n) is 6.36. The summed E-state index contributed by atoms with van der Waals surface area (Å²) in [6, 6.07) is 0. The molecule has 0 aromatic carbocycles. The van der Waals surface area contributed by atoms with Crippen LogP contribution in [0.25, 0.3) is 0 Å². The summed E-state index contributed by atoms with van der Waals surface area (Å²) >= 11 is 0. The van der Waals surface area contributed by atoms with Crippen molar-refractivity contribution in [3.05, 3.63) is 11.6 Å². The lowest BCUT2D eigenvalue weighted by molar-refractivity contribution is -0.173. The summed E-state index contributed by atoms with van der Waals surface area (Å²) in [5.74, 6) is -1.23. The van der Waals surface area contributed by atoms with Gasteiger partial charge in [-0.3, -0.25) is 19.3 Å². The SMILES string of the molecule is CC(=O)O[C@@]12C=C(C)[C@@H](C3C(=O)N(CCCN4CCCCC4)C(=O)C31)[C@H](C)C2. The van der Waals surface area contributed by atoms with Gasteiger partial charge in [0.1, 0.15) is 5.60 Å². The van der Waals surface area contributed by atoms with Crippen LogP contribution in [0.4, 0.5) is 0 Å². The Morgan fingerprint density at radius 3 is 2.50 bits per heavy atom. The molecule has 154 valence electrons. The Bertz CT molecular complexity index is 711. The molecule has 5 atom stereocenters. The zero-order valence-corrected chi connectivity index (χ0v) is 17.3. The van der Waals surface area contributed by atoms with Gasteiger partial charge in [-0.2, -0.15) is 0 Å². The molecule has 3 fully saturated rings. The molecular formula is C22H32N2O4. The minimum atomic E-state index is -0.955. The standard InChI is InChI=1S/C22H32N2O4/c1-14-12-22(28-16(3)25)13-15(2)17(14)18-19(22)21(27)24(20(18)26)11-7-10-23-8-5-4-6-9-23/h12,15,17-19H,4-11,13H2,1-3H3/t15-,17-,18?,19?,22-/m1/s1. The molecule has 0 aromatic heterocycles. The number of hydrogen-bond acceptors (Lipinski definition) is 5. The van der Waals surface area contributed by atoms with Crippen LogP contribution in [0.2, 0.25) is 0 Å². The fourth-order valence-corrected chi connectivity index (χ4v) is 6.36. The zero-order valence-electron chi connectivity index (χ0n) is 17.3. The van der Waals surface area contributed by atoms with Gasteiger partial charge in [0.2, 0.25) is 11.8 Å². The lowest BCUT2D eigenvalue weighted by Crippen LogP contribution is -2.57. The van der Waals surface area contributed by atoms with E-state index in [2.05, 4.69) is 11.8 Å². The number of rotatable bonds is 5. The summed E-state index contributed by atoms with van der Waals surface area (Å²) in [5.41, 5.74) is 0.126. The first-order valence-electron chi connectivity index (χ1n) is 10.8. The van der Waals surface area contributed by atoms with Gasteiger partial charge in [-0.15, -0.1) is 0 Å². The lowest BCUT2D eigenvalue weighted by Gasteiger charge is -2.52. The van der Waals surface area contributed by atoms with Gasteiger partial charge in [0, 0.05) is 13.5 Å². The number of carbonyl (C=O) groups excluding carboxylic acids is 3. The molecule has 6 heteroatoms. The third-order valence-corrected chi connectivity index (χ3v) is 7.25. The molecule has 5 aliphatic rings. The summed E-state index contributed by atoms with van der Waals surface area (Å²) in [6.07, 6.45) is 7.17. The number of fused-ring (bicyclic) bond motifs is 1. The molecule has 3 aliphatic carbocycles. The van der Waals surface area contributed by atoms with Crippen molar-refractivity contribution < 1.29 is 19.1 Å². The van der Waals surface area contributed by atoms with Gasteiger partial charge in [0.15, 0.2) is 0 Å². The molecule has 0 aromatic rings. The van der Waals surface area contributed by atoms with Gasteiger partial charge in [0.05, 0.1) is 11.8 Å². The number of allylic oxidation sites excluding steroid dienone is 1. The monoisotopic (exact) mass is 388 g/mol.